The zero-order chi connectivity index (χ0) is 10.6. The summed E-state index contributed by atoms with van der Waals surface area (Å²) in [7, 11) is 1.66. The summed E-state index contributed by atoms with van der Waals surface area (Å²) >= 11 is 5.14. The largest absolute Gasteiger partial charge is 0.390 e. The molecule has 2 N–H and O–H groups in total. The first-order chi connectivity index (χ1) is 6.74. The summed E-state index contributed by atoms with van der Waals surface area (Å²) in [5, 5.41) is 9.12. The minimum absolute atomic E-state index is 0.00659. The standard InChI is InChI=1S/C9H16N2O2S/c1-3-7(6-13-2)11-8(5-12)4-10-9(11)14/h4,7,12H,3,5-6H2,1-2H3,(H,10,14). The fraction of sp³-hybridized carbons (Fsp3) is 0.667. The van der Waals surface area contributed by atoms with E-state index in [1.807, 2.05) is 4.57 Å². The van der Waals surface area contributed by atoms with Gasteiger partial charge >= 0.3 is 0 Å². The van der Waals surface area contributed by atoms with Crippen molar-refractivity contribution in [2.75, 3.05) is 13.7 Å². The van der Waals surface area contributed by atoms with Crippen molar-refractivity contribution >= 4 is 12.2 Å². The van der Waals surface area contributed by atoms with E-state index in [1.165, 1.54) is 0 Å². The van der Waals surface area contributed by atoms with Crippen LogP contribution in [0.4, 0.5) is 0 Å². The van der Waals surface area contributed by atoms with Gasteiger partial charge in [0.2, 0.25) is 0 Å². The second kappa shape index (κ2) is 5.29. The van der Waals surface area contributed by atoms with Gasteiger partial charge in [-0.2, -0.15) is 0 Å². The van der Waals surface area contributed by atoms with E-state index in [1.54, 1.807) is 13.3 Å². The number of nitrogens with zero attached hydrogens (tertiary/aromatic N) is 1. The third-order valence-electron chi connectivity index (χ3n) is 2.25. The topological polar surface area (TPSA) is 50.2 Å². The number of hydrogen-bond acceptors (Lipinski definition) is 3. The van der Waals surface area contributed by atoms with Crippen molar-refractivity contribution < 1.29 is 9.84 Å². The summed E-state index contributed by atoms with van der Waals surface area (Å²) in [6.45, 7) is 2.67. The minimum atomic E-state index is -0.00659. The SMILES string of the molecule is CCC(COC)n1c(CO)c[nH]c1=S. The number of ether oxygens (including phenoxy) is 1. The predicted molar refractivity (Wildman–Crippen MR) is 56.7 cm³/mol. The molecule has 0 aliphatic carbocycles. The molecule has 0 saturated carbocycles. The first kappa shape index (κ1) is 11.4. The van der Waals surface area contributed by atoms with E-state index in [4.69, 9.17) is 22.1 Å². The molecule has 14 heavy (non-hydrogen) atoms. The fourth-order valence-electron chi connectivity index (χ4n) is 1.50. The molecule has 0 fully saturated rings. The molecular formula is C9H16N2O2S. The van der Waals surface area contributed by atoms with E-state index in [0.717, 1.165) is 12.1 Å². The van der Waals surface area contributed by atoms with Gasteiger partial charge in [-0.05, 0) is 18.6 Å². The monoisotopic (exact) mass is 216 g/mol. The molecular weight excluding hydrogens is 200 g/mol. The smallest absolute Gasteiger partial charge is 0.177 e. The van der Waals surface area contributed by atoms with Gasteiger partial charge in [0.15, 0.2) is 4.77 Å². The van der Waals surface area contributed by atoms with Crippen LogP contribution in [0, 0.1) is 4.77 Å². The second-order valence-electron chi connectivity index (χ2n) is 3.13. The molecule has 0 saturated heterocycles. The summed E-state index contributed by atoms with van der Waals surface area (Å²) in [5.41, 5.74) is 0.805. The van der Waals surface area contributed by atoms with Gasteiger partial charge in [-0.25, -0.2) is 0 Å². The lowest BCUT2D eigenvalue weighted by Gasteiger charge is -2.17. The number of aromatic nitrogens is 2. The molecule has 80 valence electrons. The van der Waals surface area contributed by atoms with Gasteiger partial charge in [0.25, 0.3) is 0 Å². The van der Waals surface area contributed by atoms with Crippen LogP contribution in [0.3, 0.4) is 0 Å². The first-order valence-corrected chi connectivity index (χ1v) is 5.04. The first-order valence-electron chi connectivity index (χ1n) is 4.63. The fourth-order valence-corrected chi connectivity index (χ4v) is 1.83. The number of nitrogens with one attached hydrogen (secondary N) is 1. The van der Waals surface area contributed by atoms with Gasteiger partial charge in [0.05, 0.1) is 24.9 Å². The molecule has 0 aliphatic heterocycles. The van der Waals surface area contributed by atoms with Crippen molar-refractivity contribution in [1.29, 1.82) is 0 Å². The molecule has 5 heteroatoms. The maximum Gasteiger partial charge on any atom is 0.177 e. The van der Waals surface area contributed by atoms with Crippen LogP contribution in [-0.2, 0) is 11.3 Å². The Balaban J connectivity index is 3.00. The van der Waals surface area contributed by atoms with Crippen molar-refractivity contribution in [2.24, 2.45) is 0 Å². The summed E-state index contributed by atoms with van der Waals surface area (Å²) in [6, 6.07) is 0.195. The normalized spacial score (nSPS) is 13.1. The van der Waals surface area contributed by atoms with E-state index >= 15 is 0 Å². The number of aromatic amines is 1. The molecule has 1 unspecified atom stereocenters. The predicted octanol–water partition coefficient (Wildman–Crippen LogP) is 1.64. The lowest BCUT2D eigenvalue weighted by atomic mass is 10.2. The van der Waals surface area contributed by atoms with Crippen molar-refractivity contribution in [3.63, 3.8) is 0 Å². The zero-order valence-corrected chi connectivity index (χ0v) is 9.30. The van der Waals surface area contributed by atoms with Crippen LogP contribution in [0.15, 0.2) is 6.20 Å². The lowest BCUT2D eigenvalue weighted by molar-refractivity contribution is 0.148. The highest BCUT2D eigenvalue weighted by atomic mass is 32.1. The maximum atomic E-state index is 9.12. The molecule has 1 rings (SSSR count). The third kappa shape index (κ3) is 2.23. The maximum absolute atomic E-state index is 9.12. The molecule has 4 nitrogen and oxygen atoms in total. The molecule has 0 bridgehead atoms. The van der Waals surface area contributed by atoms with E-state index < -0.39 is 0 Å². The number of methoxy groups -OCH3 is 1. The number of aliphatic hydroxyl groups excluding tert-OH is 1. The highest BCUT2D eigenvalue weighted by molar-refractivity contribution is 7.71. The Labute approximate surface area is 88.5 Å². The van der Waals surface area contributed by atoms with Crippen molar-refractivity contribution in [3.05, 3.63) is 16.7 Å². The summed E-state index contributed by atoms with van der Waals surface area (Å²) < 4.78 is 7.66. The molecule has 1 aromatic heterocycles. The highest BCUT2D eigenvalue weighted by Crippen LogP contribution is 2.15. The average molecular weight is 216 g/mol. The summed E-state index contributed by atoms with van der Waals surface area (Å²) in [4.78, 5) is 2.92. The van der Waals surface area contributed by atoms with Crippen molar-refractivity contribution in [1.82, 2.24) is 9.55 Å². The van der Waals surface area contributed by atoms with Crippen LogP contribution in [0.2, 0.25) is 0 Å². The van der Waals surface area contributed by atoms with E-state index in [-0.39, 0.29) is 12.6 Å². The summed E-state index contributed by atoms with van der Waals surface area (Å²) in [6.07, 6.45) is 2.66. The third-order valence-corrected chi connectivity index (χ3v) is 2.56. The number of imidazole rings is 1. The Morgan fingerprint density at radius 1 is 1.71 bits per heavy atom. The Hall–Kier alpha value is -0.650. The Morgan fingerprint density at radius 2 is 2.43 bits per heavy atom. The molecule has 1 heterocycles. The van der Waals surface area contributed by atoms with E-state index in [2.05, 4.69) is 11.9 Å². The van der Waals surface area contributed by atoms with Gasteiger partial charge in [-0.15, -0.1) is 0 Å². The zero-order valence-electron chi connectivity index (χ0n) is 8.49. The second-order valence-corrected chi connectivity index (χ2v) is 3.52. The number of hydrogen-bond donors (Lipinski definition) is 2. The minimum Gasteiger partial charge on any atom is -0.390 e. The quantitative estimate of drug-likeness (QED) is 0.736. The van der Waals surface area contributed by atoms with Crippen LogP contribution < -0.4 is 0 Å². The summed E-state index contributed by atoms with van der Waals surface area (Å²) in [5.74, 6) is 0. The molecule has 0 amide bonds. The van der Waals surface area contributed by atoms with Crippen molar-refractivity contribution in [3.8, 4) is 0 Å². The number of H-pyrrole nitrogens is 1. The van der Waals surface area contributed by atoms with Gasteiger partial charge in [0.1, 0.15) is 0 Å². The lowest BCUT2D eigenvalue weighted by Crippen LogP contribution is -2.16. The Morgan fingerprint density at radius 3 is 2.93 bits per heavy atom. The van der Waals surface area contributed by atoms with Crippen LogP contribution in [0.1, 0.15) is 25.1 Å². The van der Waals surface area contributed by atoms with Crippen LogP contribution >= 0.6 is 12.2 Å². The van der Waals surface area contributed by atoms with Gasteiger partial charge in [-0.1, -0.05) is 6.92 Å². The number of rotatable bonds is 5. The van der Waals surface area contributed by atoms with Gasteiger partial charge < -0.3 is 19.4 Å². The van der Waals surface area contributed by atoms with E-state index in [0.29, 0.717) is 11.4 Å². The average Bonchev–Trinajstić information content (AvgIpc) is 2.56. The van der Waals surface area contributed by atoms with Crippen LogP contribution in [-0.4, -0.2) is 28.4 Å². The molecule has 0 aromatic carbocycles. The van der Waals surface area contributed by atoms with Crippen LogP contribution in [0.25, 0.3) is 0 Å². The Bertz CT molecular complexity index is 332. The van der Waals surface area contributed by atoms with Gasteiger partial charge in [-0.3, -0.25) is 0 Å². The van der Waals surface area contributed by atoms with Crippen LogP contribution in [0.5, 0.6) is 0 Å². The molecule has 0 spiro atoms. The molecule has 1 atom stereocenters. The van der Waals surface area contributed by atoms with Crippen molar-refractivity contribution in [2.45, 2.75) is 26.0 Å². The number of aliphatic hydroxyl groups is 1. The molecule has 1 aromatic rings. The molecule has 0 radical (unpaired) electrons. The molecule has 0 aliphatic rings. The van der Waals surface area contributed by atoms with Gasteiger partial charge in [0, 0.05) is 13.3 Å². The highest BCUT2D eigenvalue weighted by Gasteiger charge is 2.12. The Kier molecular flexibility index (Phi) is 4.31. The van der Waals surface area contributed by atoms with E-state index in [9.17, 15) is 0 Å².